The van der Waals surface area contributed by atoms with Gasteiger partial charge < -0.3 is 20.1 Å². The zero-order valence-corrected chi connectivity index (χ0v) is 13.6. The lowest BCUT2D eigenvalue weighted by Crippen LogP contribution is -2.50. The molecule has 0 radical (unpaired) electrons. The van der Waals surface area contributed by atoms with Crippen LogP contribution in [0.1, 0.15) is 20.1 Å². The van der Waals surface area contributed by atoms with E-state index in [1.165, 1.54) is 10.9 Å². The van der Waals surface area contributed by atoms with E-state index in [1.54, 1.807) is 13.8 Å². The molecule has 3 heterocycles. The summed E-state index contributed by atoms with van der Waals surface area (Å²) >= 11 is 0. The first-order chi connectivity index (χ1) is 11.8. The van der Waals surface area contributed by atoms with Gasteiger partial charge in [0, 0.05) is 5.92 Å². The molecule has 4 atom stereocenters. The number of fused-ring (bicyclic) bond motifs is 1. The third kappa shape index (κ3) is 3.14. The zero-order chi connectivity index (χ0) is 18.3. The average Bonchev–Trinajstić information content (AvgIpc) is 2.97. The molecule has 1 fully saturated rings. The summed E-state index contributed by atoms with van der Waals surface area (Å²) in [6, 6.07) is 0. The van der Waals surface area contributed by atoms with E-state index in [9.17, 15) is 24.9 Å². The van der Waals surface area contributed by atoms with Crippen molar-refractivity contribution in [3.63, 3.8) is 0 Å². The number of anilines is 1. The molecule has 1 aliphatic heterocycles. The third-order valence-corrected chi connectivity index (χ3v) is 3.95. The van der Waals surface area contributed by atoms with Gasteiger partial charge in [-0.2, -0.15) is 4.98 Å². The number of H-pyrrole nitrogens is 1. The number of carbonyl (C=O) groups excluding carboxylic acids is 1. The van der Waals surface area contributed by atoms with Crippen LogP contribution in [-0.4, -0.2) is 65.7 Å². The zero-order valence-electron chi connectivity index (χ0n) is 13.6. The van der Waals surface area contributed by atoms with Gasteiger partial charge in [-0.1, -0.05) is 13.8 Å². The Hall–Kier alpha value is -2.34. The van der Waals surface area contributed by atoms with E-state index < -0.39 is 30.1 Å². The maximum Gasteiger partial charge on any atom is 0.280 e. The quantitative estimate of drug-likeness (QED) is 0.437. The van der Waals surface area contributed by atoms with Crippen molar-refractivity contribution in [1.82, 2.24) is 19.5 Å². The Morgan fingerprint density at radius 1 is 1.40 bits per heavy atom. The molecule has 11 nitrogen and oxygen atoms in total. The van der Waals surface area contributed by atoms with Crippen molar-refractivity contribution in [2.75, 3.05) is 11.9 Å². The summed E-state index contributed by atoms with van der Waals surface area (Å²) in [5.41, 5.74) is -0.525. The molecular formula is C14H19N5O6. The molecular weight excluding hydrogens is 334 g/mol. The summed E-state index contributed by atoms with van der Waals surface area (Å²) in [5, 5.41) is 32.0. The molecule has 1 saturated heterocycles. The highest BCUT2D eigenvalue weighted by molar-refractivity contribution is 5.91. The molecule has 0 aromatic carbocycles. The molecule has 0 bridgehead atoms. The van der Waals surface area contributed by atoms with E-state index in [0.717, 1.165) is 0 Å². The second-order valence-electron chi connectivity index (χ2n) is 6.15. The van der Waals surface area contributed by atoms with E-state index in [4.69, 9.17) is 4.74 Å². The Kier molecular flexibility index (Phi) is 4.56. The highest BCUT2D eigenvalue weighted by atomic mass is 16.5. The molecule has 2 aromatic rings. The number of aromatic amines is 1. The maximum absolute atomic E-state index is 12.1. The summed E-state index contributed by atoms with van der Waals surface area (Å²) in [7, 11) is 0. The number of aliphatic hydroxyl groups is 3. The van der Waals surface area contributed by atoms with Crippen molar-refractivity contribution >= 4 is 23.0 Å². The van der Waals surface area contributed by atoms with Gasteiger partial charge in [-0.05, 0) is 0 Å². The number of carbonyl (C=O) groups is 1. The van der Waals surface area contributed by atoms with E-state index >= 15 is 0 Å². The van der Waals surface area contributed by atoms with Crippen molar-refractivity contribution in [3.05, 3.63) is 16.7 Å². The lowest BCUT2D eigenvalue weighted by atomic mass is 10.0. The minimum atomic E-state index is -1.45. The van der Waals surface area contributed by atoms with E-state index in [2.05, 4.69) is 20.3 Å². The molecule has 0 spiro atoms. The van der Waals surface area contributed by atoms with Crippen molar-refractivity contribution in [2.45, 2.75) is 38.4 Å². The van der Waals surface area contributed by atoms with Gasteiger partial charge in [0.1, 0.15) is 18.3 Å². The minimum Gasteiger partial charge on any atom is -0.388 e. The van der Waals surface area contributed by atoms with Crippen LogP contribution in [0, 0.1) is 5.92 Å². The Morgan fingerprint density at radius 2 is 2.12 bits per heavy atom. The molecule has 1 amide bonds. The monoisotopic (exact) mass is 353 g/mol. The first-order valence-corrected chi connectivity index (χ1v) is 7.73. The fraction of sp³-hybridized carbons (Fsp3) is 0.571. The maximum atomic E-state index is 12.1. The molecule has 0 aliphatic carbocycles. The largest absolute Gasteiger partial charge is 0.388 e. The summed E-state index contributed by atoms with van der Waals surface area (Å²) in [5.74, 6) is -0.712. The van der Waals surface area contributed by atoms with Crippen LogP contribution < -0.4 is 10.9 Å². The van der Waals surface area contributed by atoms with Crippen LogP contribution in [0.4, 0.5) is 5.95 Å². The Balaban J connectivity index is 2.01. The second-order valence-corrected chi connectivity index (χ2v) is 6.15. The standard InChI is InChI=1S/C14H19N5O6/c1-5(2)11(23)17-14-16-10-7(12(24)18-14)15-4-19(10)13-9(22)8(21)6(20)3-25-13/h4-6,8-9,13,20-22H,3H2,1-2H3,(H2,16,17,18,23,24)/t6-,8-,9+,13+/m0/s1. The van der Waals surface area contributed by atoms with E-state index in [-0.39, 0.29) is 35.5 Å². The number of aromatic nitrogens is 4. The van der Waals surface area contributed by atoms with Crippen LogP contribution in [0.15, 0.2) is 11.1 Å². The SMILES string of the molecule is CC(C)C(=O)Nc1nc2c(ncn2[C@@H]2OC[C@H](O)[C@H](O)[C@H]2O)c(=O)[nH]1. The third-order valence-electron chi connectivity index (χ3n) is 3.95. The summed E-state index contributed by atoms with van der Waals surface area (Å²) in [4.78, 5) is 34.4. The van der Waals surface area contributed by atoms with Crippen molar-refractivity contribution in [3.8, 4) is 0 Å². The number of nitrogens with one attached hydrogen (secondary N) is 2. The number of amides is 1. The van der Waals surface area contributed by atoms with Crippen molar-refractivity contribution in [2.24, 2.45) is 5.92 Å². The second kappa shape index (κ2) is 6.52. The topological polar surface area (TPSA) is 163 Å². The first-order valence-electron chi connectivity index (χ1n) is 7.73. The van der Waals surface area contributed by atoms with Gasteiger partial charge in [-0.3, -0.25) is 24.5 Å². The van der Waals surface area contributed by atoms with Gasteiger partial charge in [0.15, 0.2) is 17.4 Å². The fourth-order valence-electron chi connectivity index (χ4n) is 2.47. The molecule has 25 heavy (non-hydrogen) atoms. The van der Waals surface area contributed by atoms with Crippen molar-refractivity contribution < 1.29 is 24.9 Å². The number of hydrogen-bond donors (Lipinski definition) is 5. The number of aliphatic hydroxyl groups excluding tert-OH is 3. The van der Waals surface area contributed by atoms with Crippen LogP contribution in [0.25, 0.3) is 11.2 Å². The number of imidazole rings is 1. The smallest absolute Gasteiger partial charge is 0.280 e. The minimum absolute atomic E-state index is 0.0149. The molecule has 3 rings (SSSR count). The Morgan fingerprint density at radius 3 is 2.80 bits per heavy atom. The van der Waals surface area contributed by atoms with Gasteiger partial charge in [0.05, 0.1) is 12.9 Å². The highest BCUT2D eigenvalue weighted by Gasteiger charge is 2.39. The number of rotatable bonds is 3. The molecule has 0 saturated carbocycles. The van der Waals surface area contributed by atoms with Crippen molar-refractivity contribution in [1.29, 1.82) is 0 Å². The van der Waals surface area contributed by atoms with Gasteiger partial charge in [-0.15, -0.1) is 0 Å². The van der Waals surface area contributed by atoms with Crippen LogP contribution in [-0.2, 0) is 9.53 Å². The van der Waals surface area contributed by atoms with Crippen LogP contribution >= 0.6 is 0 Å². The molecule has 1 aliphatic rings. The average molecular weight is 353 g/mol. The fourth-order valence-corrected chi connectivity index (χ4v) is 2.47. The predicted molar refractivity (Wildman–Crippen MR) is 84.6 cm³/mol. The number of nitrogens with zero attached hydrogens (tertiary/aromatic N) is 3. The van der Waals surface area contributed by atoms with Gasteiger partial charge in [0.25, 0.3) is 5.56 Å². The van der Waals surface area contributed by atoms with E-state index in [0.29, 0.717) is 0 Å². The normalized spacial score (nSPS) is 27.0. The van der Waals surface area contributed by atoms with Gasteiger partial charge >= 0.3 is 0 Å². The Bertz CT molecular complexity index is 846. The summed E-state index contributed by atoms with van der Waals surface area (Å²) in [6.45, 7) is 3.17. The molecule has 136 valence electrons. The first kappa shape index (κ1) is 17.5. The summed E-state index contributed by atoms with van der Waals surface area (Å²) in [6.07, 6.45) is -3.95. The predicted octanol–water partition coefficient (Wildman–Crippen LogP) is -1.67. The van der Waals surface area contributed by atoms with E-state index in [1.807, 2.05) is 0 Å². The number of hydrogen-bond acceptors (Lipinski definition) is 8. The van der Waals surface area contributed by atoms with Gasteiger partial charge in [-0.25, -0.2) is 4.98 Å². The van der Waals surface area contributed by atoms with Gasteiger partial charge in [0.2, 0.25) is 11.9 Å². The molecule has 11 heteroatoms. The van der Waals surface area contributed by atoms with Crippen LogP contribution in [0.5, 0.6) is 0 Å². The molecule has 2 aromatic heterocycles. The number of ether oxygens (including phenoxy) is 1. The lowest BCUT2D eigenvalue weighted by Gasteiger charge is -2.35. The van der Waals surface area contributed by atoms with Crippen LogP contribution in [0.3, 0.4) is 0 Å². The molecule has 0 unspecified atom stereocenters. The van der Waals surface area contributed by atoms with Crippen LogP contribution in [0.2, 0.25) is 0 Å². The Labute approximate surface area is 141 Å². The molecule has 5 N–H and O–H groups in total. The highest BCUT2D eigenvalue weighted by Crippen LogP contribution is 2.26. The summed E-state index contributed by atoms with van der Waals surface area (Å²) < 4.78 is 6.62. The lowest BCUT2D eigenvalue weighted by molar-refractivity contribution is -0.210.